The summed E-state index contributed by atoms with van der Waals surface area (Å²) in [5, 5.41) is 8.16. The second-order valence-electron chi connectivity index (χ2n) is 21.2. The molecule has 0 bridgehead atoms. The van der Waals surface area contributed by atoms with Crippen molar-refractivity contribution in [2.45, 2.75) is 166 Å². The highest BCUT2D eigenvalue weighted by atomic mass is 14.4. The SMILES string of the molecule is Cc1cc2c(-c3c(C)c(C)c(C)c(C)c3C)c3c(-c4c(C)c(C)c(C)c(C)c4C)c4cc(C)c(C)cc4c(-c4c(C)c(C)c(C)c(C)c4C)c3c(-c3c(C)c(C)c(C)c(C)c3C)c2cc1C. The molecule has 8 aromatic rings. The quantitative estimate of drug-likeness (QED) is 0.155. The minimum absolute atomic E-state index is 1.33. The van der Waals surface area contributed by atoms with Gasteiger partial charge in [-0.05, 0) is 377 Å². The largest absolute Gasteiger partial charge is 0.0505 e. The maximum atomic E-state index is 2.57. The normalized spacial score (nSPS) is 11.9. The molecular formula is C66H76. The number of fused-ring (bicyclic) bond motifs is 3. The number of aryl methyl sites for hydroxylation is 4. The van der Waals surface area contributed by atoms with Crippen molar-refractivity contribution in [2.24, 2.45) is 0 Å². The van der Waals surface area contributed by atoms with Crippen LogP contribution in [0.2, 0.25) is 0 Å². The lowest BCUT2D eigenvalue weighted by Gasteiger charge is -2.32. The Morgan fingerprint density at radius 2 is 0.273 bits per heavy atom. The third kappa shape index (κ3) is 6.36. The number of rotatable bonds is 4. The van der Waals surface area contributed by atoms with Crippen molar-refractivity contribution >= 4 is 32.3 Å². The summed E-state index contributed by atoms with van der Waals surface area (Å²) in [6, 6.07) is 10.3. The van der Waals surface area contributed by atoms with Gasteiger partial charge in [-0.1, -0.05) is 24.3 Å². The molecule has 0 saturated heterocycles. The van der Waals surface area contributed by atoms with Crippen molar-refractivity contribution in [3.8, 4) is 44.5 Å². The predicted molar refractivity (Wildman–Crippen MR) is 294 cm³/mol. The van der Waals surface area contributed by atoms with Crippen molar-refractivity contribution in [3.05, 3.63) is 158 Å². The average Bonchev–Trinajstić information content (AvgIpc) is 3.28. The number of hydrogen-bond acceptors (Lipinski definition) is 0. The smallest absolute Gasteiger partial charge is 0.0000970 e. The molecule has 0 unspecified atom stereocenters. The van der Waals surface area contributed by atoms with Crippen LogP contribution in [0.3, 0.4) is 0 Å². The van der Waals surface area contributed by atoms with Crippen molar-refractivity contribution in [3.63, 3.8) is 0 Å². The molecule has 0 aromatic heterocycles. The molecule has 0 heteroatoms. The molecule has 8 rings (SSSR count). The Hall–Kier alpha value is -5.46. The summed E-state index contributed by atoms with van der Waals surface area (Å²) in [5.74, 6) is 0. The maximum Gasteiger partial charge on any atom is -0.0000970 e. The van der Waals surface area contributed by atoms with Crippen LogP contribution < -0.4 is 0 Å². The fraction of sp³-hybridized carbons (Fsp3) is 0.364. The van der Waals surface area contributed by atoms with E-state index in [1.807, 2.05) is 0 Å². The maximum absolute atomic E-state index is 2.57. The van der Waals surface area contributed by atoms with Crippen LogP contribution in [0.5, 0.6) is 0 Å². The van der Waals surface area contributed by atoms with Crippen LogP contribution >= 0.6 is 0 Å². The summed E-state index contributed by atoms with van der Waals surface area (Å²) in [7, 11) is 0. The van der Waals surface area contributed by atoms with E-state index < -0.39 is 0 Å². The van der Waals surface area contributed by atoms with Gasteiger partial charge in [-0.3, -0.25) is 0 Å². The summed E-state index contributed by atoms with van der Waals surface area (Å²) >= 11 is 0. The molecule has 0 nitrogen and oxygen atoms in total. The summed E-state index contributed by atoms with van der Waals surface area (Å²) in [6.45, 7) is 56.8. The zero-order valence-corrected chi connectivity index (χ0v) is 45.3. The number of benzene rings is 8. The van der Waals surface area contributed by atoms with Crippen LogP contribution in [0.15, 0.2) is 24.3 Å². The molecule has 66 heavy (non-hydrogen) atoms. The lowest BCUT2D eigenvalue weighted by atomic mass is 9.71. The van der Waals surface area contributed by atoms with Crippen LogP contribution in [0.25, 0.3) is 76.8 Å². The first-order chi connectivity index (χ1) is 30.8. The third-order valence-electron chi connectivity index (χ3n) is 18.6. The van der Waals surface area contributed by atoms with Crippen LogP contribution in [-0.4, -0.2) is 0 Å². The lowest BCUT2D eigenvalue weighted by Crippen LogP contribution is -2.08. The van der Waals surface area contributed by atoms with Gasteiger partial charge in [0.25, 0.3) is 0 Å². The fourth-order valence-corrected chi connectivity index (χ4v) is 12.3. The monoisotopic (exact) mass is 869 g/mol. The molecule has 0 fully saturated rings. The van der Waals surface area contributed by atoms with Gasteiger partial charge in [0, 0.05) is 0 Å². The van der Waals surface area contributed by atoms with Crippen molar-refractivity contribution in [2.75, 3.05) is 0 Å². The summed E-state index contributed by atoms with van der Waals surface area (Å²) in [4.78, 5) is 0. The molecule has 0 radical (unpaired) electrons. The van der Waals surface area contributed by atoms with E-state index in [1.165, 1.54) is 210 Å². The molecule has 0 spiro atoms. The summed E-state index contributed by atoms with van der Waals surface area (Å²) in [5.41, 5.74) is 44.1. The van der Waals surface area contributed by atoms with Gasteiger partial charge >= 0.3 is 0 Å². The second kappa shape index (κ2) is 16.1. The van der Waals surface area contributed by atoms with Gasteiger partial charge in [0.2, 0.25) is 0 Å². The molecule has 0 amide bonds. The molecule has 0 atom stereocenters. The van der Waals surface area contributed by atoms with Crippen molar-refractivity contribution < 1.29 is 0 Å². The lowest BCUT2D eigenvalue weighted by molar-refractivity contribution is 1.18. The van der Waals surface area contributed by atoms with E-state index in [4.69, 9.17) is 0 Å². The highest BCUT2D eigenvalue weighted by Crippen LogP contribution is 2.58. The van der Waals surface area contributed by atoms with Gasteiger partial charge in [-0.15, -0.1) is 0 Å². The molecule has 0 aliphatic carbocycles. The Kier molecular flexibility index (Phi) is 11.5. The average molecular weight is 869 g/mol. The van der Waals surface area contributed by atoms with E-state index in [2.05, 4.69) is 190 Å². The first kappa shape index (κ1) is 47.0. The molecular weight excluding hydrogens is 793 g/mol. The van der Waals surface area contributed by atoms with Crippen LogP contribution in [-0.2, 0) is 0 Å². The molecule has 0 aliphatic rings. The Labute approximate surface area is 398 Å². The first-order valence-corrected chi connectivity index (χ1v) is 24.6. The Balaban J connectivity index is 1.98. The van der Waals surface area contributed by atoms with Crippen molar-refractivity contribution in [1.29, 1.82) is 0 Å². The summed E-state index contributed by atoms with van der Waals surface area (Å²) in [6.07, 6.45) is 0. The molecule has 0 N–H and O–H groups in total. The highest BCUT2D eigenvalue weighted by Gasteiger charge is 2.33. The van der Waals surface area contributed by atoms with E-state index >= 15 is 0 Å². The Morgan fingerprint density at radius 3 is 0.409 bits per heavy atom. The van der Waals surface area contributed by atoms with E-state index in [0.29, 0.717) is 0 Å². The minimum Gasteiger partial charge on any atom is -0.0505 e. The second-order valence-corrected chi connectivity index (χ2v) is 21.2. The number of hydrogen-bond donors (Lipinski definition) is 0. The van der Waals surface area contributed by atoms with Gasteiger partial charge in [-0.2, -0.15) is 0 Å². The van der Waals surface area contributed by atoms with Gasteiger partial charge in [-0.25, -0.2) is 0 Å². The van der Waals surface area contributed by atoms with Crippen LogP contribution in [0.4, 0.5) is 0 Å². The third-order valence-corrected chi connectivity index (χ3v) is 18.6. The zero-order chi connectivity index (χ0) is 48.8. The van der Waals surface area contributed by atoms with Crippen LogP contribution in [0.1, 0.15) is 134 Å². The van der Waals surface area contributed by atoms with Crippen LogP contribution in [0, 0.1) is 166 Å². The molecule has 340 valence electrons. The standard InChI is InChI=1S/C66H76/c1-29-25-53-54(26-30(29)2)62(58-47(19)39(11)34(6)40(12)48(58)20)66-64(60-51(23)43(15)36(8)44(16)52(60)24)56-28-32(4)31(3)27-55(56)63(59-49(21)41(13)35(7)42(14)50(59)22)65(66)61(53)57-45(17)37(9)33(5)38(10)46(57)18/h25-28H,1-24H3. The van der Waals surface area contributed by atoms with E-state index in [1.54, 1.807) is 0 Å². The molecule has 0 saturated carbocycles. The molecule has 0 aliphatic heterocycles. The predicted octanol–water partition coefficient (Wildman–Crippen LogP) is 19.2. The van der Waals surface area contributed by atoms with E-state index in [-0.39, 0.29) is 0 Å². The van der Waals surface area contributed by atoms with Gasteiger partial charge in [0.1, 0.15) is 0 Å². The Bertz CT molecular complexity index is 2940. The van der Waals surface area contributed by atoms with Crippen molar-refractivity contribution in [1.82, 2.24) is 0 Å². The van der Waals surface area contributed by atoms with Gasteiger partial charge < -0.3 is 0 Å². The first-order valence-electron chi connectivity index (χ1n) is 24.6. The Morgan fingerprint density at radius 1 is 0.152 bits per heavy atom. The van der Waals surface area contributed by atoms with E-state index in [0.717, 1.165) is 0 Å². The molecule has 0 heterocycles. The topological polar surface area (TPSA) is 0 Å². The fourth-order valence-electron chi connectivity index (χ4n) is 12.3. The zero-order valence-electron chi connectivity index (χ0n) is 45.3. The molecule has 8 aromatic carbocycles. The van der Waals surface area contributed by atoms with E-state index in [9.17, 15) is 0 Å². The highest BCUT2D eigenvalue weighted by molar-refractivity contribution is 6.35. The van der Waals surface area contributed by atoms with Gasteiger partial charge in [0.05, 0.1) is 0 Å². The van der Waals surface area contributed by atoms with Gasteiger partial charge in [0.15, 0.2) is 0 Å². The minimum atomic E-state index is 1.33. The summed E-state index contributed by atoms with van der Waals surface area (Å²) < 4.78 is 0.